The lowest BCUT2D eigenvalue weighted by atomic mass is 10.0. The van der Waals surface area contributed by atoms with E-state index in [1.807, 2.05) is 24.8 Å². The molecule has 0 aliphatic carbocycles. The summed E-state index contributed by atoms with van der Waals surface area (Å²) in [5, 5.41) is 3.03. The van der Waals surface area contributed by atoms with Gasteiger partial charge in [-0.3, -0.25) is 0 Å². The fourth-order valence-electron chi connectivity index (χ4n) is 2.28. The Labute approximate surface area is 115 Å². The van der Waals surface area contributed by atoms with E-state index >= 15 is 0 Å². The van der Waals surface area contributed by atoms with Crippen molar-refractivity contribution in [3.8, 4) is 0 Å². The highest BCUT2D eigenvalue weighted by Crippen LogP contribution is 2.21. The summed E-state index contributed by atoms with van der Waals surface area (Å²) in [6.07, 6.45) is 0.807. The van der Waals surface area contributed by atoms with Gasteiger partial charge in [0.05, 0.1) is 6.04 Å². The van der Waals surface area contributed by atoms with Crippen LogP contribution in [0.5, 0.6) is 0 Å². The third-order valence-electron chi connectivity index (χ3n) is 3.46. The van der Waals surface area contributed by atoms with Crippen molar-refractivity contribution in [2.24, 2.45) is 5.73 Å². The van der Waals surface area contributed by atoms with Crippen molar-refractivity contribution in [1.82, 2.24) is 10.2 Å². The van der Waals surface area contributed by atoms with Crippen LogP contribution in [0.15, 0.2) is 24.3 Å². The molecular formula is C15H23N3O. The van der Waals surface area contributed by atoms with Gasteiger partial charge < -0.3 is 16.0 Å². The Bertz CT molecular complexity index is 465. The maximum atomic E-state index is 11.9. The quantitative estimate of drug-likeness (QED) is 0.873. The van der Waals surface area contributed by atoms with Gasteiger partial charge in [-0.25, -0.2) is 4.79 Å². The highest BCUT2D eigenvalue weighted by atomic mass is 16.2. The van der Waals surface area contributed by atoms with Gasteiger partial charge >= 0.3 is 6.03 Å². The number of rotatable bonds is 4. The van der Waals surface area contributed by atoms with Crippen molar-refractivity contribution in [2.45, 2.75) is 38.8 Å². The Hall–Kier alpha value is -1.55. The Balaban J connectivity index is 1.99. The average molecular weight is 261 g/mol. The van der Waals surface area contributed by atoms with E-state index in [-0.39, 0.29) is 17.6 Å². The molecule has 2 amide bonds. The van der Waals surface area contributed by atoms with Crippen LogP contribution in [0.1, 0.15) is 37.4 Å². The highest BCUT2D eigenvalue weighted by Gasteiger charge is 2.30. The molecule has 2 rings (SSSR count). The molecule has 1 saturated heterocycles. The van der Waals surface area contributed by atoms with Crippen LogP contribution >= 0.6 is 0 Å². The number of nitrogens with one attached hydrogen (secondary N) is 1. The first kappa shape index (κ1) is 13.9. The molecule has 104 valence electrons. The standard InChI is InChI=1S/C15H23N3O/c1-11-5-4-6-12(9-11)13-10-18(14(19)17-13)8-7-15(2,3)16/h4-6,9,13H,7-8,10,16H2,1-3H3,(H,17,19). The van der Waals surface area contributed by atoms with Crippen LogP contribution in [0, 0.1) is 6.92 Å². The summed E-state index contributed by atoms with van der Waals surface area (Å²) in [7, 11) is 0. The Kier molecular flexibility index (Phi) is 3.80. The third-order valence-corrected chi connectivity index (χ3v) is 3.46. The first-order valence-corrected chi connectivity index (χ1v) is 6.76. The summed E-state index contributed by atoms with van der Waals surface area (Å²) in [5.41, 5.74) is 8.12. The largest absolute Gasteiger partial charge is 0.329 e. The van der Waals surface area contributed by atoms with Crippen LogP contribution in [-0.4, -0.2) is 29.6 Å². The van der Waals surface area contributed by atoms with Gasteiger partial charge in [-0.1, -0.05) is 29.8 Å². The summed E-state index contributed by atoms with van der Waals surface area (Å²) >= 11 is 0. The molecule has 0 radical (unpaired) electrons. The number of benzene rings is 1. The molecular weight excluding hydrogens is 238 g/mol. The number of urea groups is 1. The van der Waals surface area contributed by atoms with E-state index in [1.165, 1.54) is 11.1 Å². The van der Waals surface area contributed by atoms with E-state index in [4.69, 9.17) is 5.73 Å². The van der Waals surface area contributed by atoms with Gasteiger partial charge in [0.15, 0.2) is 0 Å². The molecule has 1 atom stereocenters. The van der Waals surface area contributed by atoms with Crippen LogP contribution in [0.3, 0.4) is 0 Å². The normalized spacial score (nSPS) is 19.7. The second kappa shape index (κ2) is 5.21. The Morgan fingerprint density at radius 1 is 1.47 bits per heavy atom. The van der Waals surface area contributed by atoms with E-state index in [1.54, 1.807) is 0 Å². The van der Waals surface area contributed by atoms with E-state index < -0.39 is 0 Å². The number of hydrogen-bond acceptors (Lipinski definition) is 2. The summed E-state index contributed by atoms with van der Waals surface area (Å²) in [5.74, 6) is 0. The van der Waals surface area contributed by atoms with Crippen molar-refractivity contribution < 1.29 is 4.79 Å². The summed E-state index contributed by atoms with van der Waals surface area (Å²) in [6.45, 7) is 7.46. The van der Waals surface area contributed by atoms with Gasteiger partial charge in [0.2, 0.25) is 0 Å². The maximum Gasteiger partial charge on any atom is 0.318 e. The molecule has 0 bridgehead atoms. The molecule has 0 saturated carbocycles. The predicted molar refractivity (Wildman–Crippen MR) is 76.9 cm³/mol. The maximum absolute atomic E-state index is 11.9. The second-order valence-corrected chi connectivity index (χ2v) is 6.10. The van der Waals surface area contributed by atoms with Crippen molar-refractivity contribution in [2.75, 3.05) is 13.1 Å². The topological polar surface area (TPSA) is 58.4 Å². The minimum Gasteiger partial charge on any atom is -0.329 e. The number of nitrogens with two attached hydrogens (primary N) is 1. The molecule has 1 aliphatic rings. The van der Waals surface area contributed by atoms with Crippen LogP contribution in [-0.2, 0) is 0 Å². The van der Waals surface area contributed by atoms with Crippen LogP contribution < -0.4 is 11.1 Å². The fraction of sp³-hybridized carbons (Fsp3) is 0.533. The molecule has 0 spiro atoms. The smallest absolute Gasteiger partial charge is 0.318 e. The van der Waals surface area contributed by atoms with Crippen LogP contribution in [0.2, 0.25) is 0 Å². The molecule has 1 fully saturated rings. The van der Waals surface area contributed by atoms with E-state index in [9.17, 15) is 4.79 Å². The zero-order valence-corrected chi connectivity index (χ0v) is 11.9. The Morgan fingerprint density at radius 2 is 2.21 bits per heavy atom. The van der Waals surface area contributed by atoms with Gasteiger partial charge in [-0.2, -0.15) is 0 Å². The second-order valence-electron chi connectivity index (χ2n) is 6.10. The molecule has 4 heteroatoms. The van der Waals surface area contributed by atoms with Gasteiger partial charge in [0, 0.05) is 18.6 Å². The minimum absolute atomic E-state index is 0.00996. The van der Waals surface area contributed by atoms with Gasteiger partial charge in [0.1, 0.15) is 0 Å². The monoisotopic (exact) mass is 261 g/mol. The molecule has 1 heterocycles. The molecule has 3 N–H and O–H groups in total. The lowest BCUT2D eigenvalue weighted by molar-refractivity contribution is 0.213. The third kappa shape index (κ3) is 3.70. The first-order valence-electron chi connectivity index (χ1n) is 6.76. The number of carbonyl (C=O) groups is 1. The van der Waals surface area contributed by atoms with E-state index in [0.29, 0.717) is 6.54 Å². The highest BCUT2D eigenvalue weighted by molar-refractivity contribution is 5.77. The molecule has 1 aromatic rings. The SMILES string of the molecule is Cc1cccc(C2CN(CCC(C)(C)N)C(=O)N2)c1. The van der Waals surface area contributed by atoms with Gasteiger partial charge in [0.25, 0.3) is 0 Å². The number of hydrogen-bond donors (Lipinski definition) is 2. The molecule has 1 unspecified atom stereocenters. The van der Waals surface area contributed by atoms with Crippen LogP contribution in [0.25, 0.3) is 0 Å². The van der Waals surface area contributed by atoms with E-state index in [2.05, 4.69) is 30.4 Å². The van der Waals surface area contributed by atoms with Crippen molar-refractivity contribution >= 4 is 6.03 Å². The van der Waals surface area contributed by atoms with E-state index in [0.717, 1.165) is 13.0 Å². The van der Waals surface area contributed by atoms with Crippen molar-refractivity contribution in [3.05, 3.63) is 35.4 Å². The van der Waals surface area contributed by atoms with Gasteiger partial charge in [-0.15, -0.1) is 0 Å². The molecule has 0 aromatic heterocycles. The fourth-order valence-corrected chi connectivity index (χ4v) is 2.28. The zero-order valence-electron chi connectivity index (χ0n) is 11.9. The lowest BCUT2D eigenvalue weighted by Crippen LogP contribution is -2.38. The predicted octanol–water partition coefficient (Wildman–Crippen LogP) is 2.19. The summed E-state index contributed by atoms with van der Waals surface area (Å²) in [6, 6.07) is 8.39. The molecule has 19 heavy (non-hydrogen) atoms. The number of carbonyl (C=O) groups excluding carboxylic acids is 1. The zero-order chi connectivity index (χ0) is 14.0. The van der Waals surface area contributed by atoms with Crippen LogP contribution in [0.4, 0.5) is 4.79 Å². The number of amides is 2. The first-order chi connectivity index (χ1) is 8.85. The minimum atomic E-state index is -0.234. The lowest BCUT2D eigenvalue weighted by Gasteiger charge is -2.22. The average Bonchev–Trinajstić information content (AvgIpc) is 2.67. The molecule has 1 aromatic carbocycles. The summed E-state index contributed by atoms with van der Waals surface area (Å²) in [4.78, 5) is 13.8. The van der Waals surface area contributed by atoms with Crippen molar-refractivity contribution in [1.29, 1.82) is 0 Å². The summed E-state index contributed by atoms with van der Waals surface area (Å²) < 4.78 is 0. The molecule has 1 aliphatic heterocycles. The number of nitrogens with zero attached hydrogens (tertiary/aromatic N) is 1. The number of aryl methyl sites for hydroxylation is 1. The Morgan fingerprint density at radius 3 is 2.84 bits per heavy atom. The molecule has 4 nitrogen and oxygen atoms in total. The van der Waals surface area contributed by atoms with Crippen molar-refractivity contribution in [3.63, 3.8) is 0 Å². The van der Waals surface area contributed by atoms with Gasteiger partial charge in [-0.05, 0) is 32.8 Å².